The number of carboxylic acids is 1. The number of carbonyl (C=O) groups is 3. The van der Waals surface area contributed by atoms with Crippen molar-refractivity contribution < 1.29 is 28.6 Å². The van der Waals surface area contributed by atoms with Gasteiger partial charge in [-0.1, -0.05) is 13.8 Å². The number of benzene rings is 1. The number of carbonyl (C=O) groups excluding carboxylic acids is 2. The molecule has 2 aromatic heterocycles. The van der Waals surface area contributed by atoms with Crippen LogP contribution >= 0.6 is 0 Å². The fraction of sp³-hybridized carbons (Fsp3) is 0.500. The van der Waals surface area contributed by atoms with Gasteiger partial charge in [-0.25, -0.2) is 13.9 Å². The van der Waals surface area contributed by atoms with Crippen LogP contribution in [0.4, 0.5) is 4.39 Å². The number of hydrogen-bond acceptors (Lipinski definition) is 6. The maximum Gasteiger partial charge on any atom is 0.307 e. The number of aryl methyl sites for hydroxylation is 1. The zero-order valence-corrected chi connectivity index (χ0v) is 23.9. The highest BCUT2D eigenvalue weighted by Gasteiger charge is 2.28. The van der Waals surface area contributed by atoms with Crippen molar-refractivity contribution in [2.24, 2.45) is 11.8 Å². The number of aromatic nitrogens is 3. The van der Waals surface area contributed by atoms with Crippen LogP contribution < -0.4 is 10.1 Å². The molecule has 218 valence electrons. The van der Waals surface area contributed by atoms with Crippen LogP contribution in [0.5, 0.6) is 5.75 Å². The zero-order chi connectivity index (χ0) is 29.4. The van der Waals surface area contributed by atoms with Crippen LogP contribution in [0.1, 0.15) is 66.0 Å². The molecule has 1 aromatic carbocycles. The quantitative estimate of drug-likeness (QED) is 0.447. The van der Waals surface area contributed by atoms with Crippen LogP contribution in [0, 0.1) is 31.5 Å². The third kappa shape index (κ3) is 5.62. The number of piperidine rings is 1. The first-order valence-corrected chi connectivity index (χ1v) is 14.2. The molecule has 2 aliphatic heterocycles. The third-order valence-corrected chi connectivity index (χ3v) is 8.13. The Kier molecular flexibility index (Phi) is 7.97. The van der Waals surface area contributed by atoms with Crippen molar-refractivity contribution in [1.82, 2.24) is 24.8 Å². The Hall–Kier alpha value is -4.02. The Morgan fingerprint density at radius 3 is 2.61 bits per heavy atom. The lowest BCUT2D eigenvalue weighted by molar-refractivity contribution is -0.136. The van der Waals surface area contributed by atoms with Crippen molar-refractivity contribution in [3.8, 4) is 17.0 Å². The van der Waals surface area contributed by atoms with Crippen molar-refractivity contribution in [2.45, 2.75) is 59.8 Å². The van der Waals surface area contributed by atoms with E-state index in [-0.39, 0.29) is 41.5 Å². The van der Waals surface area contributed by atoms with Gasteiger partial charge in [0.2, 0.25) is 5.91 Å². The predicted molar refractivity (Wildman–Crippen MR) is 149 cm³/mol. The van der Waals surface area contributed by atoms with Crippen molar-refractivity contribution in [3.05, 3.63) is 46.0 Å². The van der Waals surface area contributed by atoms with Gasteiger partial charge in [0, 0.05) is 54.0 Å². The van der Waals surface area contributed by atoms with Gasteiger partial charge in [-0.15, -0.1) is 0 Å². The molecule has 2 aliphatic rings. The second kappa shape index (κ2) is 11.5. The Labute approximate surface area is 237 Å². The SMILES string of the molecule is Cc1nc2cc(C(=O)NCC3CCN(C(=O)C(C)C)CC3)nn2c(-c2cc(F)c3c(c2C)CCCO3)c1CC(=O)O. The monoisotopic (exact) mass is 565 g/mol. The van der Waals surface area contributed by atoms with E-state index in [1.54, 1.807) is 13.0 Å². The summed E-state index contributed by atoms with van der Waals surface area (Å²) in [6, 6.07) is 2.92. The van der Waals surface area contributed by atoms with E-state index in [0.29, 0.717) is 60.8 Å². The first-order valence-electron chi connectivity index (χ1n) is 14.2. The number of carboxylic acid groups (broad SMARTS) is 1. The Bertz CT molecular complexity index is 1520. The molecule has 0 radical (unpaired) electrons. The maximum atomic E-state index is 15.2. The summed E-state index contributed by atoms with van der Waals surface area (Å²) in [5.74, 6) is -1.35. The average molecular weight is 566 g/mol. The predicted octanol–water partition coefficient (Wildman–Crippen LogP) is 3.73. The summed E-state index contributed by atoms with van der Waals surface area (Å²) in [7, 11) is 0. The highest BCUT2D eigenvalue weighted by atomic mass is 19.1. The van der Waals surface area contributed by atoms with Gasteiger partial charge in [-0.3, -0.25) is 14.4 Å². The zero-order valence-electron chi connectivity index (χ0n) is 23.9. The molecule has 4 heterocycles. The normalized spacial score (nSPS) is 15.6. The van der Waals surface area contributed by atoms with Crippen molar-refractivity contribution in [1.29, 1.82) is 0 Å². The van der Waals surface area contributed by atoms with E-state index >= 15 is 4.39 Å². The van der Waals surface area contributed by atoms with Crippen molar-refractivity contribution in [3.63, 3.8) is 0 Å². The number of nitrogens with one attached hydrogen (secondary N) is 1. The first kappa shape index (κ1) is 28.5. The molecule has 2 N–H and O–H groups in total. The Balaban J connectivity index is 1.45. The van der Waals surface area contributed by atoms with Gasteiger partial charge in [0.15, 0.2) is 22.9 Å². The van der Waals surface area contributed by atoms with Gasteiger partial charge < -0.3 is 20.1 Å². The van der Waals surface area contributed by atoms with Crippen LogP contribution in [-0.4, -0.2) is 68.6 Å². The van der Waals surface area contributed by atoms with Crippen LogP contribution in [-0.2, 0) is 22.4 Å². The molecular weight excluding hydrogens is 529 g/mol. The number of halogens is 1. The van der Waals surface area contributed by atoms with E-state index in [9.17, 15) is 19.5 Å². The molecule has 0 bridgehead atoms. The molecule has 3 aromatic rings. The fourth-order valence-corrected chi connectivity index (χ4v) is 5.86. The minimum atomic E-state index is -1.05. The number of nitrogens with zero attached hydrogens (tertiary/aromatic N) is 4. The van der Waals surface area contributed by atoms with Gasteiger partial charge in [-0.05, 0) is 57.1 Å². The van der Waals surface area contributed by atoms with E-state index in [1.807, 2.05) is 25.7 Å². The highest BCUT2D eigenvalue weighted by molar-refractivity contribution is 5.93. The highest BCUT2D eigenvalue weighted by Crippen LogP contribution is 2.39. The summed E-state index contributed by atoms with van der Waals surface area (Å²) in [5, 5.41) is 17.2. The molecule has 1 saturated heterocycles. The number of ether oxygens (including phenoxy) is 1. The molecule has 0 aliphatic carbocycles. The summed E-state index contributed by atoms with van der Waals surface area (Å²) in [6.07, 6.45) is 2.67. The average Bonchev–Trinajstić information content (AvgIpc) is 3.37. The number of likely N-dealkylation sites (tertiary alicyclic amines) is 1. The minimum absolute atomic E-state index is 0.0330. The lowest BCUT2D eigenvalue weighted by Gasteiger charge is -2.33. The van der Waals surface area contributed by atoms with Crippen LogP contribution in [0.25, 0.3) is 16.9 Å². The summed E-state index contributed by atoms with van der Waals surface area (Å²) < 4.78 is 22.3. The molecule has 1 fully saturated rings. The summed E-state index contributed by atoms with van der Waals surface area (Å²) in [6.45, 7) is 9.61. The maximum absolute atomic E-state index is 15.2. The lowest BCUT2D eigenvalue weighted by Crippen LogP contribution is -2.43. The largest absolute Gasteiger partial charge is 0.490 e. The second-order valence-electron chi connectivity index (χ2n) is 11.3. The first-order chi connectivity index (χ1) is 19.5. The number of fused-ring (bicyclic) bond motifs is 2. The number of hydrogen-bond donors (Lipinski definition) is 2. The Morgan fingerprint density at radius 2 is 1.93 bits per heavy atom. The van der Waals surface area contributed by atoms with Crippen LogP contribution in [0.2, 0.25) is 0 Å². The molecule has 0 atom stereocenters. The van der Waals surface area contributed by atoms with Gasteiger partial charge in [0.05, 0.1) is 18.7 Å². The standard InChI is InChI=1S/C30H36FN5O5/c1-16(2)30(40)35-9-7-19(8-10-35)15-32-29(39)24-14-25-33-18(4)22(13-26(37)38)27(36(25)34-24)21-12-23(31)28-20(17(21)3)6-5-11-41-28/h12,14,16,19H,5-11,13,15H2,1-4H3,(H,32,39)(H,37,38). The molecule has 41 heavy (non-hydrogen) atoms. The third-order valence-electron chi connectivity index (χ3n) is 8.13. The van der Waals surface area contributed by atoms with E-state index in [2.05, 4.69) is 15.4 Å². The molecule has 0 saturated carbocycles. The molecule has 10 nitrogen and oxygen atoms in total. The second-order valence-corrected chi connectivity index (χ2v) is 11.3. The fourth-order valence-electron chi connectivity index (χ4n) is 5.86. The van der Waals surface area contributed by atoms with Gasteiger partial charge in [-0.2, -0.15) is 5.10 Å². The van der Waals surface area contributed by atoms with Crippen molar-refractivity contribution in [2.75, 3.05) is 26.2 Å². The molecule has 5 rings (SSSR count). The van der Waals surface area contributed by atoms with Crippen molar-refractivity contribution >= 4 is 23.4 Å². The van der Waals surface area contributed by atoms with Crippen LogP contribution in [0.3, 0.4) is 0 Å². The molecule has 0 spiro atoms. The van der Waals surface area contributed by atoms with E-state index in [4.69, 9.17) is 4.74 Å². The number of aliphatic carboxylic acids is 1. The van der Waals surface area contributed by atoms with E-state index < -0.39 is 11.8 Å². The lowest BCUT2D eigenvalue weighted by atomic mass is 9.91. The molecular formula is C30H36FN5O5. The summed E-state index contributed by atoms with van der Waals surface area (Å²) >= 11 is 0. The van der Waals surface area contributed by atoms with Crippen LogP contribution in [0.15, 0.2) is 12.1 Å². The Morgan fingerprint density at radius 1 is 1.20 bits per heavy atom. The molecule has 11 heteroatoms. The number of rotatable bonds is 7. The van der Waals surface area contributed by atoms with Gasteiger partial charge >= 0.3 is 5.97 Å². The molecule has 0 unspecified atom stereocenters. The van der Waals surface area contributed by atoms with E-state index in [0.717, 1.165) is 30.4 Å². The summed E-state index contributed by atoms with van der Waals surface area (Å²) in [5.41, 5.74) is 3.81. The topological polar surface area (TPSA) is 126 Å². The van der Waals surface area contributed by atoms with Gasteiger partial charge in [0.1, 0.15) is 0 Å². The molecule has 2 amide bonds. The van der Waals surface area contributed by atoms with Gasteiger partial charge in [0.25, 0.3) is 5.91 Å². The number of amides is 2. The van der Waals surface area contributed by atoms with E-state index in [1.165, 1.54) is 10.6 Å². The summed E-state index contributed by atoms with van der Waals surface area (Å²) in [4.78, 5) is 43.7. The smallest absolute Gasteiger partial charge is 0.307 e. The minimum Gasteiger partial charge on any atom is -0.490 e.